The molecule has 152 valence electrons. The third-order valence-electron chi connectivity index (χ3n) is 4.65. The van der Waals surface area contributed by atoms with Gasteiger partial charge in [-0.1, -0.05) is 30.3 Å². The van der Waals surface area contributed by atoms with Crippen LogP contribution >= 0.6 is 0 Å². The molecule has 0 spiro atoms. The molecule has 10 heteroatoms. The van der Waals surface area contributed by atoms with E-state index >= 15 is 0 Å². The van der Waals surface area contributed by atoms with E-state index in [1.54, 1.807) is 42.5 Å². The lowest BCUT2D eigenvalue weighted by atomic mass is 10.1. The first kappa shape index (κ1) is 19.4. The lowest BCUT2D eigenvalue weighted by Crippen LogP contribution is -2.32. The molecule has 1 aliphatic rings. The van der Waals surface area contributed by atoms with Gasteiger partial charge in [0.15, 0.2) is 5.82 Å². The lowest BCUT2D eigenvalue weighted by molar-refractivity contribution is -0.122. The van der Waals surface area contributed by atoms with Crippen molar-refractivity contribution in [1.82, 2.24) is 30.4 Å². The predicted octanol–water partition coefficient (Wildman–Crippen LogP) is 0.967. The first-order chi connectivity index (χ1) is 14.5. The van der Waals surface area contributed by atoms with E-state index in [1.165, 1.54) is 6.07 Å². The quantitative estimate of drug-likeness (QED) is 0.584. The number of nitrogens with one attached hydrogen (secondary N) is 1. The van der Waals surface area contributed by atoms with Crippen molar-refractivity contribution in [2.24, 2.45) is 0 Å². The smallest absolute Gasteiger partial charge is 0.261 e. The summed E-state index contributed by atoms with van der Waals surface area (Å²) >= 11 is 0. The van der Waals surface area contributed by atoms with Gasteiger partial charge in [-0.05, 0) is 23.4 Å². The maximum atomic E-state index is 13.6. The highest BCUT2D eigenvalue weighted by molar-refractivity contribution is 6.21. The first-order valence-corrected chi connectivity index (χ1v) is 9.25. The Balaban J connectivity index is 1.29. The molecule has 0 saturated carbocycles. The zero-order chi connectivity index (χ0) is 21.1. The van der Waals surface area contributed by atoms with Crippen molar-refractivity contribution in [3.05, 3.63) is 76.9 Å². The van der Waals surface area contributed by atoms with Crippen molar-refractivity contribution in [3.63, 3.8) is 0 Å². The van der Waals surface area contributed by atoms with Crippen molar-refractivity contribution in [2.45, 2.75) is 19.5 Å². The predicted molar refractivity (Wildman–Crippen MR) is 102 cm³/mol. The van der Waals surface area contributed by atoms with Crippen LogP contribution in [0.3, 0.4) is 0 Å². The summed E-state index contributed by atoms with van der Waals surface area (Å²) in [6, 6.07) is 12.8. The molecule has 1 aliphatic heterocycles. The molecule has 2 heterocycles. The minimum absolute atomic E-state index is 0.0484. The monoisotopic (exact) mass is 408 g/mol. The molecule has 30 heavy (non-hydrogen) atoms. The Bertz CT molecular complexity index is 1090. The van der Waals surface area contributed by atoms with E-state index in [1.807, 2.05) is 0 Å². The van der Waals surface area contributed by atoms with Gasteiger partial charge in [0.2, 0.25) is 5.91 Å². The van der Waals surface area contributed by atoms with Gasteiger partial charge in [0, 0.05) is 25.1 Å². The Morgan fingerprint density at radius 3 is 2.37 bits per heavy atom. The standard InChI is InChI=1S/C20H17FN6O3/c21-16-8-4-1-5-13(16)11-22-18(28)12-27-24-17(23-25-27)9-10-26-19(29)14-6-2-3-7-15(14)20(26)30/h1-8H,9-12H2,(H,22,28). The largest absolute Gasteiger partial charge is 0.350 e. The molecule has 0 unspecified atom stereocenters. The molecule has 3 amide bonds. The maximum absolute atomic E-state index is 13.6. The van der Waals surface area contributed by atoms with Crippen molar-refractivity contribution in [3.8, 4) is 0 Å². The molecule has 2 aromatic carbocycles. The van der Waals surface area contributed by atoms with Crippen LogP contribution in [0.4, 0.5) is 4.39 Å². The van der Waals surface area contributed by atoms with E-state index in [0.29, 0.717) is 22.5 Å². The molecule has 0 fully saturated rings. The summed E-state index contributed by atoms with van der Waals surface area (Å²) in [6.45, 7) is -0.0290. The van der Waals surface area contributed by atoms with Gasteiger partial charge in [-0.3, -0.25) is 19.3 Å². The molecular formula is C20H17FN6O3. The number of carbonyl (C=O) groups is 3. The van der Waals surface area contributed by atoms with E-state index in [4.69, 9.17) is 0 Å². The number of hydrogen-bond acceptors (Lipinski definition) is 6. The Kier molecular flexibility index (Phi) is 5.29. The van der Waals surface area contributed by atoms with Crippen LogP contribution in [0.15, 0.2) is 48.5 Å². The van der Waals surface area contributed by atoms with Gasteiger partial charge in [-0.25, -0.2) is 4.39 Å². The molecule has 0 atom stereocenters. The van der Waals surface area contributed by atoms with Crippen molar-refractivity contribution >= 4 is 17.7 Å². The molecule has 3 aromatic rings. The van der Waals surface area contributed by atoms with Crippen LogP contribution in [-0.2, 0) is 24.3 Å². The van der Waals surface area contributed by atoms with Crippen LogP contribution in [0.25, 0.3) is 0 Å². The van der Waals surface area contributed by atoms with E-state index in [2.05, 4.69) is 20.7 Å². The molecule has 1 N–H and O–H groups in total. The fourth-order valence-electron chi connectivity index (χ4n) is 3.12. The van der Waals surface area contributed by atoms with E-state index in [-0.39, 0.29) is 37.9 Å². The van der Waals surface area contributed by atoms with Gasteiger partial charge in [-0.15, -0.1) is 10.2 Å². The number of hydrogen-bond donors (Lipinski definition) is 1. The topological polar surface area (TPSA) is 110 Å². The van der Waals surface area contributed by atoms with Gasteiger partial charge in [-0.2, -0.15) is 4.80 Å². The average Bonchev–Trinajstić information content (AvgIpc) is 3.29. The molecule has 4 rings (SSSR count). The number of halogens is 1. The Hall–Kier alpha value is -3.95. The molecule has 1 aromatic heterocycles. The van der Waals surface area contributed by atoms with E-state index in [0.717, 1.165) is 9.70 Å². The number of carbonyl (C=O) groups excluding carboxylic acids is 3. The summed E-state index contributed by atoms with van der Waals surface area (Å²) in [5, 5.41) is 14.3. The van der Waals surface area contributed by atoms with E-state index in [9.17, 15) is 18.8 Å². The van der Waals surface area contributed by atoms with Gasteiger partial charge >= 0.3 is 0 Å². The first-order valence-electron chi connectivity index (χ1n) is 9.25. The summed E-state index contributed by atoms with van der Waals surface area (Å²) < 4.78 is 13.6. The minimum atomic E-state index is -0.400. The van der Waals surface area contributed by atoms with Crippen LogP contribution < -0.4 is 5.32 Å². The average molecular weight is 408 g/mol. The fourth-order valence-corrected chi connectivity index (χ4v) is 3.12. The van der Waals surface area contributed by atoms with E-state index < -0.39 is 11.7 Å². The number of aromatic nitrogens is 4. The summed E-state index contributed by atoms with van der Waals surface area (Å²) in [5.41, 5.74) is 1.13. The molecule has 9 nitrogen and oxygen atoms in total. The lowest BCUT2D eigenvalue weighted by Gasteiger charge is -2.11. The number of tetrazole rings is 1. The second-order valence-electron chi connectivity index (χ2n) is 6.66. The van der Waals surface area contributed by atoms with Crippen molar-refractivity contribution < 1.29 is 18.8 Å². The number of fused-ring (bicyclic) bond motifs is 1. The Labute approximate surface area is 170 Å². The number of imide groups is 1. The van der Waals surface area contributed by atoms with Crippen LogP contribution in [0, 0.1) is 5.82 Å². The number of amides is 3. The van der Waals surface area contributed by atoms with Gasteiger partial charge in [0.05, 0.1) is 11.1 Å². The second kappa shape index (κ2) is 8.19. The highest BCUT2D eigenvalue weighted by Crippen LogP contribution is 2.22. The number of nitrogens with zero attached hydrogens (tertiary/aromatic N) is 5. The minimum Gasteiger partial charge on any atom is -0.350 e. The normalized spacial score (nSPS) is 12.9. The molecular weight excluding hydrogens is 391 g/mol. The fraction of sp³-hybridized carbons (Fsp3) is 0.200. The van der Waals surface area contributed by atoms with Crippen LogP contribution in [0.1, 0.15) is 32.1 Å². The van der Waals surface area contributed by atoms with Crippen molar-refractivity contribution in [1.29, 1.82) is 0 Å². The van der Waals surface area contributed by atoms with Crippen LogP contribution in [0.2, 0.25) is 0 Å². The van der Waals surface area contributed by atoms with Crippen molar-refractivity contribution in [2.75, 3.05) is 6.54 Å². The summed E-state index contributed by atoms with van der Waals surface area (Å²) in [4.78, 5) is 39.0. The van der Waals surface area contributed by atoms with Crippen LogP contribution in [-0.4, -0.2) is 49.4 Å². The second-order valence-corrected chi connectivity index (χ2v) is 6.66. The zero-order valence-electron chi connectivity index (χ0n) is 15.8. The summed E-state index contributed by atoms with van der Waals surface area (Å²) in [7, 11) is 0. The van der Waals surface area contributed by atoms with Crippen LogP contribution in [0.5, 0.6) is 0 Å². The SMILES string of the molecule is O=C(Cn1nnc(CCN2C(=O)c3ccccc3C2=O)n1)NCc1ccccc1F. The molecule has 0 aliphatic carbocycles. The highest BCUT2D eigenvalue weighted by atomic mass is 19.1. The third-order valence-corrected chi connectivity index (χ3v) is 4.65. The molecule has 0 bridgehead atoms. The van der Waals surface area contributed by atoms with Gasteiger partial charge in [0.1, 0.15) is 12.4 Å². The Morgan fingerprint density at radius 1 is 1.00 bits per heavy atom. The molecule has 0 saturated heterocycles. The zero-order valence-corrected chi connectivity index (χ0v) is 15.8. The van der Waals surface area contributed by atoms with Gasteiger partial charge in [0.25, 0.3) is 11.8 Å². The number of rotatable bonds is 7. The molecule has 0 radical (unpaired) electrons. The summed E-state index contributed by atoms with van der Waals surface area (Å²) in [5.74, 6) is -1.20. The Morgan fingerprint density at radius 2 is 1.67 bits per heavy atom. The summed E-state index contributed by atoms with van der Waals surface area (Å²) in [6.07, 6.45) is 0.211. The number of benzene rings is 2. The highest BCUT2D eigenvalue weighted by Gasteiger charge is 2.34. The maximum Gasteiger partial charge on any atom is 0.261 e. The third kappa shape index (κ3) is 3.93. The van der Waals surface area contributed by atoms with Gasteiger partial charge < -0.3 is 5.32 Å².